The SMILES string of the molecule is COc1ncc(-c2cc3c(N4CCN(C(=O)OC(C)(C)C)CC4)ncnc3cc2C)cc1NS(=O)(=O)c1ccc(F)cc1F. The van der Waals surface area contributed by atoms with Gasteiger partial charge in [-0.1, -0.05) is 0 Å². The van der Waals surface area contributed by atoms with Gasteiger partial charge in [0.1, 0.15) is 40.0 Å². The van der Waals surface area contributed by atoms with Crippen LogP contribution in [0.2, 0.25) is 0 Å². The number of carbonyl (C=O) groups is 1. The Balaban J connectivity index is 1.47. The van der Waals surface area contributed by atoms with E-state index in [4.69, 9.17) is 9.47 Å². The largest absolute Gasteiger partial charge is 0.480 e. The molecular formula is C30H32F2N6O5S. The highest BCUT2D eigenvalue weighted by Gasteiger charge is 2.28. The van der Waals surface area contributed by atoms with Gasteiger partial charge >= 0.3 is 6.09 Å². The van der Waals surface area contributed by atoms with Crippen LogP contribution >= 0.6 is 0 Å². The van der Waals surface area contributed by atoms with Crippen molar-refractivity contribution in [3.8, 4) is 17.0 Å². The number of carbonyl (C=O) groups excluding carboxylic acids is 1. The van der Waals surface area contributed by atoms with Crippen molar-refractivity contribution >= 4 is 38.5 Å². The third-order valence-electron chi connectivity index (χ3n) is 6.97. The number of benzene rings is 2. The summed E-state index contributed by atoms with van der Waals surface area (Å²) in [6.45, 7) is 9.35. The number of aryl methyl sites for hydroxylation is 1. The first-order chi connectivity index (χ1) is 20.8. The number of piperazine rings is 1. The third kappa shape index (κ3) is 6.49. The van der Waals surface area contributed by atoms with Gasteiger partial charge in [0.15, 0.2) is 0 Å². The molecule has 0 bridgehead atoms. The van der Waals surface area contributed by atoms with Crippen molar-refractivity contribution in [3.63, 3.8) is 0 Å². The molecule has 1 aliphatic heterocycles. The normalized spacial score (nSPS) is 14.1. The zero-order chi connectivity index (χ0) is 31.8. The molecule has 1 N–H and O–H groups in total. The summed E-state index contributed by atoms with van der Waals surface area (Å²) in [6.07, 6.45) is 2.67. The van der Waals surface area contributed by atoms with E-state index in [1.807, 2.05) is 39.8 Å². The fourth-order valence-corrected chi connectivity index (χ4v) is 6.02. The van der Waals surface area contributed by atoms with Crippen molar-refractivity contribution in [2.24, 2.45) is 0 Å². The lowest BCUT2D eigenvalue weighted by atomic mass is 9.99. The van der Waals surface area contributed by atoms with Crippen LogP contribution in [0.15, 0.2) is 53.8 Å². The Morgan fingerprint density at radius 1 is 1.00 bits per heavy atom. The Morgan fingerprint density at radius 2 is 1.73 bits per heavy atom. The molecule has 11 nitrogen and oxygen atoms in total. The number of nitrogens with one attached hydrogen (secondary N) is 1. The van der Waals surface area contributed by atoms with Gasteiger partial charge in [0, 0.05) is 49.4 Å². The minimum Gasteiger partial charge on any atom is -0.480 e. The van der Waals surface area contributed by atoms with Crippen LogP contribution < -0.4 is 14.4 Å². The predicted molar refractivity (Wildman–Crippen MR) is 161 cm³/mol. The predicted octanol–water partition coefficient (Wildman–Crippen LogP) is 5.14. The van der Waals surface area contributed by atoms with E-state index in [9.17, 15) is 22.0 Å². The lowest BCUT2D eigenvalue weighted by molar-refractivity contribution is 0.0240. The molecule has 5 rings (SSSR count). The lowest BCUT2D eigenvalue weighted by Crippen LogP contribution is -2.50. The number of methoxy groups -OCH3 is 1. The molecule has 0 spiro atoms. The van der Waals surface area contributed by atoms with Gasteiger partial charge in [-0.15, -0.1) is 0 Å². The summed E-state index contributed by atoms with van der Waals surface area (Å²) < 4.78 is 66.9. The van der Waals surface area contributed by atoms with Crippen molar-refractivity contribution in [1.29, 1.82) is 0 Å². The van der Waals surface area contributed by atoms with Crippen LogP contribution in [0.5, 0.6) is 5.88 Å². The molecule has 1 fully saturated rings. The Kier molecular flexibility index (Phi) is 8.30. The number of sulfonamides is 1. The average Bonchev–Trinajstić information content (AvgIpc) is 2.95. The summed E-state index contributed by atoms with van der Waals surface area (Å²) in [5.41, 5.74) is 2.20. The third-order valence-corrected chi connectivity index (χ3v) is 8.37. The van der Waals surface area contributed by atoms with Crippen LogP contribution in [0.25, 0.3) is 22.0 Å². The first-order valence-electron chi connectivity index (χ1n) is 13.8. The molecule has 0 saturated carbocycles. The van der Waals surface area contributed by atoms with Gasteiger partial charge in [-0.2, -0.15) is 0 Å². The van der Waals surface area contributed by atoms with Crippen LogP contribution in [-0.4, -0.2) is 73.3 Å². The van der Waals surface area contributed by atoms with E-state index in [-0.39, 0.29) is 17.7 Å². The molecule has 2 aromatic heterocycles. The average molecular weight is 627 g/mol. The number of pyridine rings is 1. The van der Waals surface area contributed by atoms with Gasteiger partial charge in [-0.05, 0) is 69.2 Å². The Morgan fingerprint density at radius 3 is 2.39 bits per heavy atom. The molecule has 0 atom stereocenters. The molecule has 44 heavy (non-hydrogen) atoms. The topological polar surface area (TPSA) is 127 Å². The fraction of sp³-hybridized carbons (Fsp3) is 0.333. The molecule has 14 heteroatoms. The first-order valence-corrected chi connectivity index (χ1v) is 15.2. The van der Waals surface area contributed by atoms with Crippen LogP contribution in [0.1, 0.15) is 26.3 Å². The fourth-order valence-electron chi connectivity index (χ4n) is 4.91. The van der Waals surface area contributed by atoms with Crippen LogP contribution in [0.4, 0.5) is 25.1 Å². The number of aromatic nitrogens is 3. The van der Waals surface area contributed by atoms with E-state index in [1.165, 1.54) is 25.7 Å². The van der Waals surface area contributed by atoms with Gasteiger partial charge in [-0.3, -0.25) is 4.72 Å². The standard InChI is InChI=1S/C30H32F2N6O5S/c1-18-12-24-22(27(35-17-34-24)37-8-10-38(11-9-37)29(39)43-30(2,3)4)15-21(18)19-13-25(28(42-5)33-16-19)36-44(40,41)26-7-6-20(31)14-23(26)32/h6-7,12-17,36H,8-11H2,1-5H3. The van der Waals surface area contributed by atoms with Crippen molar-refractivity contribution in [2.75, 3.05) is 42.9 Å². The number of hydrogen-bond acceptors (Lipinski definition) is 9. The molecule has 1 aliphatic rings. The highest BCUT2D eigenvalue weighted by Crippen LogP contribution is 2.35. The minimum absolute atomic E-state index is 0.0315. The molecule has 1 saturated heterocycles. The van der Waals surface area contributed by atoms with Crippen LogP contribution in [0, 0.1) is 18.6 Å². The molecular weight excluding hydrogens is 594 g/mol. The highest BCUT2D eigenvalue weighted by molar-refractivity contribution is 7.92. The van der Waals surface area contributed by atoms with Crippen LogP contribution in [0.3, 0.4) is 0 Å². The maximum absolute atomic E-state index is 14.3. The van der Waals surface area contributed by atoms with Gasteiger partial charge in [0.05, 0.1) is 12.6 Å². The quantitative estimate of drug-likeness (QED) is 0.309. The summed E-state index contributed by atoms with van der Waals surface area (Å²) in [6, 6.07) is 7.53. The Labute approximate surface area is 253 Å². The second-order valence-corrected chi connectivity index (χ2v) is 12.9. The van der Waals surface area contributed by atoms with E-state index in [1.54, 1.807) is 4.90 Å². The van der Waals surface area contributed by atoms with Crippen molar-refractivity contribution in [1.82, 2.24) is 19.9 Å². The second kappa shape index (κ2) is 11.8. The number of fused-ring (bicyclic) bond motifs is 1. The number of nitrogens with zero attached hydrogens (tertiary/aromatic N) is 5. The molecule has 4 aromatic rings. The van der Waals surface area contributed by atoms with Gasteiger partial charge in [-0.25, -0.2) is 36.9 Å². The van der Waals surface area contributed by atoms with Crippen molar-refractivity contribution in [2.45, 2.75) is 38.2 Å². The minimum atomic E-state index is -4.45. The van der Waals surface area contributed by atoms with E-state index in [0.29, 0.717) is 49.1 Å². The van der Waals surface area contributed by atoms with Gasteiger partial charge in [0.25, 0.3) is 10.0 Å². The van der Waals surface area contributed by atoms with Crippen molar-refractivity contribution in [3.05, 3.63) is 66.1 Å². The van der Waals surface area contributed by atoms with E-state index in [2.05, 4.69) is 24.6 Å². The lowest BCUT2D eigenvalue weighted by Gasteiger charge is -2.36. The van der Waals surface area contributed by atoms with Crippen molar-refractivity contribution < 1.29 is 31.5 Å². The number of hydrogen-bond donors (Lipinski definition) is 1. The second-order valence-electron chi connectivity index (χ2n) is 11.3. The van der Waals surface area contributed by atoms with Gasteiger partial charge < -0.3 is 19.3 Å². The Bertz CT molecular complexity index is 1840. The number of anilines is 2. The first kappa shape index (κ1) is 30.9. The van der Waals surface area contributed by atoms with E-state index < -0.39 is 32.2 Å². The maximum atomic E-state index is 14.3. The summed E-state index contributed by atoms with van der Waals surface area (Å²) >= 11 is 0. The summed E-state index contributed by atoms with van der Waals surface area (Å²) in [5, 5.41) is 0.755. The van der Waals surface area contributed by atoms with Gasteiger partial charge in [0.2, 0.25) is 5.88 Å². The molecule has 0 radical (unpaired) electrons. The monoisotopic (exact) mass is 626 g/mol. The molecule has 3 heterocycles. The molecule has 1 amide bonds. The number of ether oxygens (including phenoxy) is 2. The summed E-state index contributed by atoms with van der Waals surface area (Å²) in [4.78, 5) is 28.9. The molecule has 0 aliphatic carbocycles. The van der Waals surface area contributed by atoms with E-state index >= 15 is 0 Å². The zero-order valence-electron chi connectivity index (χ0n) is 24.9. The summed E-state index contributed by atoms with van der Waals surface area (Å²) in [7, 11) is -3.13. The smallest absolute Gasteiger partial charge is 0.410 e. The number of amides is 1. The zero-order valence-corrected chi connectivity index (χ0v) is 25.7. The highest BCUT2D eigenvalue weighted by atomic mass is 32.2. The number of halogens is 2. The van der Waals surface area contributed by atoms with Crippen LogP contribution in [-0.2, 0) is 14.8 Å². The Hall–Kier alpha value is -4.59. The summed E-state index contributed by atoms with van der Waals surface area (Å²) in [5.74, 6) is -1.48. The molecule has 232 valence electrons. The molecule has 2 aromatic carbocycles. The maximum Gasteiger partial charge on any atom is 0.410 e. The molecule has 0 unspecified atom stereocenters. The number of rotatable bonds is 6. The van der Waals surface area contributed by atoms with E-state index in [0.717, 1.165) is 28.6 Å².